The average molecular weight is 542 g/mol. The lowest BCUT2D eigenvalue weighted by Gasteiger charge is -2.04. The van der Waals surface area contributed by atoms with Crippen LogP contribution < -0.4 is 0 Å². The summed E-state index contributed by atoms with van der Waals surface area (Å²) in [6.07, 6.45) is 1.72. The maximum absolute atomic E-state index is 5.95. The van der Waals surface area contributed by atoms with Crippen LogP contribution in [0.1, 0.15) is 16.2 Å². The van der Waals surface area contributed by atoms with Gasteiger partial charge in [0.2, 0.25) is 0 Å². The molecule has 9 heteroatoms. The fraction of sp³-hybridized carbons (Fsp3) is 0.0588. The Morgan fingerprint density at radius 3 is 2.50 bits per heavy atom. The molecule has 0 amide bonds. The molecule has 0 aliphatic carbocycles. The third kappa shape index (κ3) is 3.40. The second kappa shape index (κ2) is 7.45. The first-order valence-corrected chi connectivity index (χ1v) is 9.99. The minimum absolute atomic E-state index is 0.124. The lowest BCUT2D eigenvalue weighted by molar-refractivity contribution is 0.713. The molecule has 26 heavy (non-hydrogen) atoms. The molecule has 130 valence electrons. The van der Waals surface area contributed by atoms with Crippen molar-refractivity contribution in [3.8, 4) is 11.4 Å². The number of halogens is 3. The Morgan fingerprint density at radius 2 is 1.77 bits per heavy atom. The van der Waals surface area contributed by atoms with E-state index in [0.717, 1.165) is 20.6 Å². The Labute approximate surface area is 176 Å². The summed E-state index contributed by atoms with van der Waals surface area (Å²) in [7, 11) is 0. The third-order valence-electron chi connectivity index (χ3n) is 3.73. The lowest BCUT2D eigenvalue weighted by atomic mass is 10.1. The molecule has 2 aromatic carbocycles. The molecule has 0 aliphatic rings. The Balaban J connectivity index is 1.65. The van der Waals surface area contributed by atoms with Crippen molar-refractivity contribution in [3.63, 3.8) is 0 Å². The van der Waals surface area contributed by atoms with E-state index in [9.17, 15) is 0 Å². The van der Waals surface area contributed by atoms with Gasteiger partial charge in [-0.3, -0.25) is 0 Å². The maximum Gasteiger partial charge on any atom is 0.193 e. The Bertz CT molecular complexity index is 1030. The predicted octanol–water partition coefficient (Wildman–Crippen LogP) is 4.59. The molecular weight excluding hydrogens is 530 g/mol. The zero-order chi connectivity index (χ0) is 18.1. The van der Waals surface area contributed by atoms with Gasteiger partial charge in [0.1, 0.15) is 14.2 Å². The number of tetrazole rings is 1. The van der Waals surface area contributed by atoms with Gasteiger partial charge in [-0.15, -0.1) is 15.0 Å². The van der Waals surface area contributed by atoms with Gasteiger partial charge in [-0.1, -0.05) is 57.9 Å². The number of rotatable bonds is 4. The number of benzene rings is 2. The maximum atomic E-state index is 5.95. The summed E-state index contributed by atoms with van der Waals surface area (Å²) < 4.78 is 2.68. The summed E-state index contributed by atoms with van der Waals surface area (Å²) in [5.41, 5.74) is 2.73. The summed E-state index contributed by atoms with van der Waals surface area (Å²) in [6, 6.07) is 17.4. The van der Waals surface area contributed by atoms with Crippen molar-refractivity contribution in [3.05, 3.63) is 80.9 Å². The normalized spacial score (nSPS) is 12.3. The Hall–Kier alpha value is -1.78. The van der Waals surface area contributed by atoms with Gasteiger partial charge in [0.25, 0.3) is 0 Å². The molecule has 2 aromatic heterocycles. The van der Waals surface area contributed by atoms with Crippen molar-refractivity contribution in [2.24, 2.45) is 0 Å². The van der Waals surface area contributed by atoms with Crippen LogP contribution in [0, 0.1) is 3.70 Å². The summed E-state index contributed by atoms with van der Waals surface area (Å²) in [6.45, 7) is 0. The summed E-state index contributed by atoms with van der Waals surface area (Å²) in [5.74, 6) is 0.589. The van der Waals surface area contributed by atoms with Crippen molar-refractivity contribution in [2.45, 2.75) is 4.83 Å². The molecule has 0 bridgehead atoms. The number of alkyl halides is 1. The minimum Gasteiger partial charge on any atom is -0.225 e. The van der Waals surface area contributed by atoms with Crippen LogP contribution in [0.15, 0.2) is 60.8 Å². The minimum atomic E-state index is -0.124. The first-order chi connectivity index (χ1) is 12.6. The molecule has 4 aromatic rings. The highest BCUT2D eigenvalue weighted by Crippen LogP contribution is 2.28. The largest absolute Gasteiger partial charge is 0.225 e. The molecule has 0 aliphatic heterocycles. The van der Waals surface area contributed by atoms with Crippen molar-refractivity contribution in [2.75, 3.05) is 0 Å². The molecule has 1 unspecified atom stereocenters. The van der Waals surface area contributed by atoms with Crippen LogP contribution >= 0.6 is 50.1 Å². The molecule has 4 rings (SSSR count). The van der Waals surface area contributed by atoms with Crippen molar-refractivity contribution >= 4 is 50.1 Å². The zero-order valence-corrected chi connectivity index (χ0v) is 17.7. The van der Waals surface area contributed by atoms with Crippen LogP contribution in [0.3, 0.4) is 0 Å². The van der Waals surface area contributed by atoms with E-state index < -0.39 is 0 Å². The van der Waals surface area contributed by atoms with Gasteiger partial charge in [-0.25, -0.2) is 4.68 Å². The summed E-state index contributed by atoms with van der Waals surface area (Å²) in [5, 5.41) is 18.0. The summed E-state index contributed by atoms with van der Waals surface area (Å²) >= 11 is 11.8. The highest BCUT2D eigenvalue weighted by molar-refractivity contribution is 14.1. The zero-order valence-electron chi connectivity index (χ0n) is 13.2. The van der Waals surface area contributed by atoms with Crippen molar-refractivity contribution < 1.29 is 0 Å². The molecule has 0 saturated carbocycles. The van der Waals surface area contributed by atoms with Gasteiger partial charge < -0.3 is 0 Å². The number of hydrogen-bond donors (Lipinski definition) is 0. The van der Waals surface area contributed by atoms with E-state index in [4.69, 9.17) is 11.6 Å². The number of aromatic nitrogens is 6. The molecule has 0 N–H and O–H groups in total. The van der Waals surface area contributed by atoms with Gasteiger partial charge in [-0.2, -0.15) is 5.10 Å². The van der Waals surface area contributed by atoms with E-state index in [2.05, 4.69) is 59.0 Å². The van der Waals surface area contributed by atoms with Crippen molar-refractivity contribution in [1.82, 2.24) is 30.0 Å². The molecule has 0 radical (unpaired) electrons. The van der Waals surface area contributed by atoms with Crippen LogP contribution in [0.5, 0.6) is 0 Å². The number of hydrogen-bond acceptors (Lipinski definition) is 4. The van der Waals surface area contributed by atoms with E-state index in [0.29, 0.717) is 10.8 Å². The summed E-state index contributed by atoms with van der Waals surface area (Å²) in [4.78, 5) is 1.37. The predicted molar refractivity (Wildman–Crippen MR) is 111 cm³/mol. The van der Waals surface area contributed by atoms with Gasteiger partial charge in [0, 0.05) is 5.02 Å². The highest BCUT2D eigenvalue weighted by atomic mass is 127. The van der Waals surface area contributed by atoms with Crippen LogP contribution in [0.4, 0.5) is 0 Å². The van der Waals surface area contributed by atoms with E-state index in [1.54, 1.807) is 10.9 Å². The van der Waals surface area contributed by atoms with Gasteiger partial charge in [0.05, 0.1) is 11.9 Å². The first kappa shape index (κ1) is 17.6. The fourth-order valence-corrected chi connectivity index (χ4v) is 3.79. The van der Waals surface area contributed by atoms with Gasteiger partial charge in [0.15, 0.2) is 5.82 Å². The van der Waals surface area contributed by atoms with Crippen molar-refractivity contribution in [1.29, 1.82) is 0 Å². The molecule has 2 heterocycles. The smallest absolute Gasteiger partial charge is 0.193 e. The fourth-order valence-electron chi connectivity index (χ4n) is 2.42. The first-order valence-electron chi connectivity index (χ1n) is 7.62. The SMILES string of the molecule is Clc1ccc(-n2ncc(-n3nnc(C(Br)c4ccccc4)n3)c2I)cc1. The molecule has 0 saturated heterocycles. The standard InChI is InChI=1S/C17H11BrClIN6/c18-15(11-4-2-1-3-5-11)17-22-24-26(23-17)14-10-21-25(16(14)20)13-8-6-12(19)7-9-13/h1-10,15H. The van der Waals surface area contributed by atoms with Crippen LogP contribution in [0.2, 0.25) is 5.02 Å². The molecule has 0 fully saturated rings. The number of nitrogens with zero attached hydrogens (tertiary/aromatic N) is 6. The monoisotopic (exact) mass is 540 g/mol. The second-order valence-electron chi connectivity index (χ2n) is 5.42. The van der Waals surface area contributed by atoms with Crippen LogP contribution in [0.25, 0.3) is 11.4 Å². The second-order valence-corrected chi connectivity index (χ2v) is 7.79. The quantitative estimate of drug-likeness (QED) is 0.280. The van der Waals surface area contributed by atoms with E-state index in [1.807, 2.05) is 54.6 Å². The Kier molecular flexibility index (Phi) is 5.05. The van der Waals surface area contributed by atoms with E-state index >= 15 is 0 Å². The molecule has 0 spiro atoms. The van der Waals surface area contributed by atoms with Crippen LogP contribution in [-0.4, -0.2) is 30.0 Å². The lowest BCUT2D eigenvalue weighted by Crippen LogP contribution is -2.04. The topological polar surface area (TPSA) is 61.4 Å². The van der Waals surface area contributed by atoms with E-state index in [-0.39, 0.29) is 4.83 Å². The average Bonchev–Trinajstić information content (AvgIpc) is 3.29. The third-order valence-corrected chi connectivity index (χ3v) is 5.93. The molecule has 6 nitrogen and oxygen atoms in total. The van der Waals surface area contributed by atoms with E-state index in [1.165, 1.54) is 4.80 Å². The van der Waals surface area contributed by atoms with Gasteiger partial charge in [-0.05, 0) is 57.6 Å². The van der Waals surface area contributed by atoms with Crippen LogP contribution in [-0.2, 0) is 0 Å². The Morgan fingerprint density at radius 1 is 1.04 bits per heavy atom. The molecule has 1 atom stereocenters. The molecular formula is C17H11BrClIN6. The highest BCUT2D eigenvalue weighted by Gasteiger charge is 2.19. The van der Waals surface area contributed by atoms with Gasteiger partial charge >= 0.3 is 0 Å².